The van der Waals surface area contributed by atoms with E-state index < -0.39 is 17.5 Å². The summed E-state index contributed by atoms with van der Waals surface area (Å²) in [4.78, 5) is 31.9. The molecule has 4 aromatic rings. The third-order valence-corrected chi connectivity index (χ3v) is 7.01. The van der Waals surface area contributed by atoms with Gasteiger partial charge in [0.1, 0.15) is 11.6 Å². The zero-order chi connectivity index (χ0) is 27.0. The van der Waals surface area contributed by atoms with Crippen LogP contribution in [0.25, 0.3) is 33.2 Å². The number of hydrogen-bond donors (Lipinski definition) is 2. The van der Waals surface area contributed by atoms with Gasteiger partial charge in [-0.3, -0.25) is 14.6 Å². The number of likely N-dealkylation sites (N-methyl/N-ethyl adjacent to an activating group) is 1. The van der Waals surface area contributed by atoms with Crippen molar-refractivity contribution in [2.45, 2.75) is 25.8 Å². The smallest absolute Gasteiger partial charge is 0.255 e. The van der Waals surface area contributed by atoms with E-state index in [0.29, 0.717) is 45.3 Å². The zero-order valence-corrected chi connectivity index (χ0v) is 21.2. The Morgan fingerprint density at radius 2 is 1.89 bits per heavy atom. The Morgan fingerprint density at radius 1 is 1.08 bits per heavy atom. The summed E-state index contributed by atoms with van der Waals surface area (Å²) in [5.41, 5.74) is 8.38. The molecule has 1 fully saturated rings. The average Bonchev–Trinajstić information content (AvgIpc) is 3.39. The number of nitrogens with two attached hydrogens (primary N) is 1. The van der Waals surface area contributed by atoms with Gasteiger partial charge in [0.15, 0.2) is 0 Å². The van der Waals surface area contributed by atoms with E-state index in [4.69, 9.17) is 5.73 Å². The zero-order valence-electron chi connectivity index (χ0n) is 21.2. The van der Waals surface area contributed by atoms with Crippen LogP contribution in [-0.2, 0) is 0 Å². The number of pyridine rings is 1. The summed E-state index contributed by atoms with van der Waals surface area (Å²) in [5, 5.41) is 3.91. The van der Waals surface area contributed by atoms with Gasteiger partial charge in [-0.1, -0.05) is 24.3 Å². The van der Waals surface area contributed by atoms with Crippen LogP contribution in [-0.4, -0.2) is 47.9 Å². The number of aryl methyl sites for hydroxylation is 1. The highest BCUT2D eigenvalue weighted by molar-refractivity contribution is 6.12. The molecule has 5 rings (SSSR count). The summed E-state index contributed by atoms with van der Waals surface area (Å²) in [6.45, 7) is 3.21. The molecule has 0 unspecified atom stereocenters. The number of aromatic nitrogens is 1. The predicted octanol–water partition coefficient (Wildman–Crippen LogP) is 5.08. The molecule has 1 saturated heterocycles. The third kappa shape index (κ3) is 4.87. The lowest BCUT2D eigenvalue weighted by Crippen LogP contribution is -2.38. The highest BCUT2D eigenvalue weighted by Gasteiger charge is 2.25. The molecule has 194 valence electrons. The summed E-state index contributed by atoms with van der Waals surface area (Å²) in [6.07, 6.45) is 3.61. The van der Waals surface area contributed by atoms with Gasteiger partial charge in [0, 0.05) is 42.3 Å². The Morgan fingerprint density at radius 3 is 2.61 bits per heavy atom. The number of fused-ring (bicyclic) bond motifs is 1. The molecule has 0 aliphatic carbocycles. The SMILES string of the molecule is Cc1cc(F)cc(-c2cnc3ccc(-c4cccc(C(N)=O)c4F)cc3c2C(=O)N(C)C[C@@H]2CCCN2)c1. The van der Waals surface area contributed by atoms with Crippen LogP contribution in [0.5, 0.6) is 0 Å². The van der Waals surface area contributed by atoms with E-state index in [0.717, 1.165) is 19.4 Å². The maximum atomic E-state index is 15.2. The van der Waals surface area contributed by atoms with Crippen molar-refractivity contribution in [1.82, 2.24) is 15.2 Å². The number of benzene rings is 3. The summed E-state index contributed by atoms with van der Waals surface area (Å²) in [7, 11) is 1.75. The topological polar surface area (TPSA) is 88.3 Å². The van der Waals surface area contributed by atoms with Gasteiger partial charge in [-0.05, 0) is 73.3 Å². The van der Waals surface area contributed by atoms with Crippen LogP contribution in [0, 0.1) is 18.6 Å². The molecule has 2 amide bonds. The van der Waals surface area contributed by atoms with Crippen molar-refractivity contribution in [2.24, 2.45) is 5.73 Å². The summed E-state index contributed by atoms with van der Waals surface area (Å²) >= 11 is 0. The Kier molecular flexibility index (Phi) is 6.91. The van der Waals surface area contributed by atoms with E-state index in [9.17, 15) is 14.0 Å². The lowest BCUT2D eigenvalue weighted by atomic mass is 9.93. The van der Waals surface area contributed by atoms with Crippen molar-refractivity contribution >= 4 is 22.7 Å². The minimum atomic E-state index is -0.867. The van der Waals surface area contributed by atoms with Gasteiger partial charge in [-0.15, -0.1) is 0 Å². The van der Waals surface area contributed by atoms with Crippen molar-refractivity contribution in [2.75, 3.05) is 20.1 Å². The molecule has 0 saturated carbocycles. The van der Waals surface area contributed by atoms with E-state index in [1.165, 1.54) is 18.2 Å². The molecule has 1 atom stereocenters. The standard InChI is InChI=1S/C30H28F2N4O2/c1-17-11-19(13-20(31)12-17)25-15-35-26-9-8-18(22-6-3-7-23(28(22)32)29(33)37)14-24(26)27(25)30(38)36(2)16-21-5-4-10-34-21/h3,6-9,11-15,21,34H,4-5,10,16H2,1-2H3,(H2,33,37)/t21-/m0/s1. The number of nitrogens with one attached hydrogen (secondary N) is 1. The Balaban J connectivity index is 1.71. The number of hydrogen-bond acceptors (Lipinski definition) is 4. The molecule has 0 bridgehead atoms. The molecule has 3 N–H and O–H groups in total. The fourth-order valence-corrected chi connectivity index (χ4v) is 5.16. The lowest BCUT2D eigenvalue weighted by Gasteiger charge is -2.24. The van der Waals surface area contributed by atoms with Crippen LogP contribution in [0.4, 0.5) is 8.78 Å². The summed E-state index contributed by atoms with van der Waals surface area (Å²) < 4.78 is 29.6. The Labute approximate surface area is 219 Å². The number of halogens is 2. The second kappa shape index (κ2) is 10.3. The first kappa shape index (κ1) is 25.5. The maximum Gasteiger partial charge on any atom is 0.255 e. The number of carbonyl (C=O) groups excluding carboxylic acids is 2. The number of rotatable bonds is 6. The Hall–Kier alpha value is -4.17. The predicted molar refractivity (Wildman–Crippen MR) is 144 cm³/mol. The molecule has 1 aliphatic heterocycles. The van der Waals surface area contributed by atoms with Crippen molar-refractivity contribution in [3.05, 3.63) is 89.1 Å². The molecular weight excluding hydrogens is 486 g/mol. The van der Waals surface area contributed by atoms with E-state index in [2.05, 4.69) is 10.3 Å². The van der Waals surface area contributed by atoms with E-state index in [-0.39, 0.29) is 23.1 Å². The van der Waals surface area contributed by atoms with Crippen LogP contribution in [0.1, 0.15) is 39.1 Å². The maximum absolute atomic E-state index is 15.2. The molecule has 6 nitrogen and oxygen atoms in total. The van der Waals surface area contributed by atoms with Gasteiger partial charge >= 0.3 is 0 Å². The quantitative estimate of drug-likeness (QED) is 0.376. The second-order valence-corrected chi connectivity index (χ2v) is 9.81. The van der Waals surface area contributed by atoms with E-state index in [1.807, 2.05) is 0 Å². The van der Waals surface area contributed by atoms with Gasteiger partial charge in [0.05, 0.1) is 16.6 Å². The molecule has 3 aromatic carbocycles. The number of nitrogens with zero attached hydrogens (tertiary/aromatic N) is 2. The summed E-state index contributed by atoms with van der Waals surface area (Å²) in [5.74, 6) is -2.26. The molecular formula is C30H28F2N4O2. The van der Waals surface area contributed by atoms with Crippen molar-refractivity contribution in [1.29, 1.82) is 0 Å². The average molecular weight is 515 g/mol. The molecule has 0 radical (unpaired) electrons. The van der Waals surface area contributed by atoms with E-state index in [1.54, 1.807) is 61.5 Å². The van der Waals surface area contributed by atoms with Crippen LogP contribution < -0.4 is 11.1 Å². The number of primary amides is 1. The third-order valence-electron chi connectivity index (χ3n) is 7.01. The van der Waals surface area contributed by atoms with Crippen LogP contribution >= 0.6 is 0 Å². The lowest BCUT2D eigenvalue weighted by molar-refractivity contribution is 0.0786. The first-order chi connectivity index (χ1) is 18.2. The number of amides is 2. The fraction of sp³-hybridized carbons (Fsp3) is 0.233. The van der Waals surface area contributed by atoms with Gasteiger partial charge < -0.3 is 16.0 Å². The first-order valence-corrected chi connectivity index (χ1v) is 12.5. The van der Waals surface area contributed by atoms with E-state index >= 15 is 4.39 Å². The van der Waals surface area contributed by atoms with Crippen molar-refractivity contribution < 1.29 is 18.4 Å². The molecule has 38 heavy (non-hydrogen) atoms. The fourth-order valence-electron chi connectivity index (χ4n) is 5.16. The first-order valence-electron chi connectivity index (χ1n) is 12.5. The van der Waals surface area contributed by atoms with Gasteiger partial charge in [-0.2, -0.15) is 0 Å². The van der Waals surface area contributed by atoms with Crippen molar-refractivity contribution in [3.8, 4) is 22.3 Å². The highest BCUT2D eigenvalue weighted by atomic mass is 19.1. The van der Waals surface area contributed by atoms with Crippen LogP contribution in [0.3, 0.4) is 0 Å². The van der Waals surface area contributed by atoms with Crippen LogP contribution in [0.2, 0.25) is 0 Å². The molecule has 1 aliphatic rings. The van der Waals surface area contributed by atoms with Crippen LogP contribution in [0.15, 0.2) is 60.8 Å². The minimum Gasteiger partial charge on any atom is -0.366 e. The largest absolute Gasteiger partial charge is 0.366 e. The van der Waals surface area contributed by atoms with Crippen molar-refractivity contribution in [3.63, 3.8) is 0 Å². The monoisotopic (exact) mass is 514 g/mol. The molecule has 2 heterocycles. The molecule has 1 aromatic heterocycles. The molecule has 8 heteroatoms. The number of carbonyl (C=O) groups is 2. The highest BCUT2D eigenvalue weighted by Crippen LogP contribution is 2.34. The molecule has 0 spiro atoms. The normalized spacial score (nSPS) is 15.1. The van der Waals surface area contributed by atoms with Gasteiger partial charge in [-0.25, -0.2) is 8.78 Å². The Bertz CT molecular complexity index is 1540. The summed E-state index contributed by atoms with van der Waals surface area (Å²) in [6, 6.07) is 14.3. The van der Waals surface area contributed by atoms with Gasteiger partial charge in [0.25, 0.3) is 11.8 Å². The minimum absolute atomic E-state index is 0.178. The second-order valence-electron chi connectivity index (χ2n) is 9.81. The van der Waals surface area contributed by atoms with Gasteiger partial charge in [0.2, 0.25) is 0 Å².